The average Bonchev–Trinajstić information content (AvgIpc) is 3.27. The summed E-state index contributed by atoms with van der Waals surface area (Å²) in [6.45, 7) is 4.01. The van der Waals surface area contributed by atoms with Crippen LogP contribution in [0.5, 0.6) is 11.5 Å². The number of methoxy groups -OCH3 is 2. The quantitative estimate of drug-likeness (QED) is 0.289. The minimum Gasteiger partial charge on any atom is -0.497 e. The Balaban J connectivity index is 1.70. The third kappa shape index (κ3) is 6.06. The molecule has 0 aliphatic heterocycles. The predicted octanol–water partition coefficient (Wildman–Crippen LogP) is 7.25. The van der Waals surface area contributed by atoms with Crippen molar-refractivity contribution in [1.29, 1.82) is 0 Å². The van der Waals surface area contributed by atoms with E-state index < -0.39 is 35.9 Å². The number of ether oxygens (including phenoxy) is 3. The molecule has 2 atom stereocenters. The van der Waals surface area contributed by atoms with Crippen molar-refractivity contribution >= 4 is 5.97 Å². The van der Waals surface area contributed by atoms with E-state index in [4.69, 9.17) is 9.47 Å². The number of hydrogen-bond acceptors (Lipinski definition) is 5. The van der Waals surface area contributed by atoms with E-state index in [0.29, 0.717) is 11.3 Å². The van der Waals surface area contributed by atoms with Crippen LogP contribution in [0, 0.1) is 22.9 Å². The van der Waals surface area contributed by atoms with Crippen LogP contribution >= 0.6 is 0 Å². The second-order valence-electron chi connectivity index (χ2n) is 10.6. The summed E-state index contributed by atoms with van der Waals surface area (Å²) in [6.07, 6.45) is 0.992. The van der Waals surface area contributed by atoms with Gasteiger partial charge in [0.2, 0.25) is 0 Å². The molecule has 1 saturated carbocycles. The molecule has 1 aliphatic rings. The van der Waals surface area contributed by atoms with Gasteiger partial charge in [-0.05, 0) is 71.7 Å². The van der Waals surface area contributed by atoms with Gasteiger partial charge in [-0.25, -0.2) is 13.2 Å². The highest BCUT2D eigenvalue weighted by molar-refractivity contribution is 5.71. The number of aliphatic hydroxyl groups excluding tert-OH is 1. The zero-order valence-corrected chi connectivity index (χ0v) is 22.5. The minimum atomic E-state index is -1.43. The van der Waals surface area contributed by atoms with Crippen LogP contribution in [0.3, 0.4) is 0 Å². The van der Waals surface area contributed by atoms with Crippen molar-refractivity contribution in [3.8, 4) is 22.6 Å². The number of benzene rings is 3. The smallest absolute Gasteiger partial charge is 0.308 e. The first kappa shape index (κ1) is 28.5. The highest BCUT2D eigenvalue weighted by atomic mass is 19.1. The van der Waals surface area contributed by atoms with Crippen LogP contribution in [-0.4, -0.2) is 25.3 Å². The lowest BCUT2D eigenvalue weighted by Crippen LogP contribution is -2.17. The Labute approximate surface area is 226 Å². The molecule has 0 aromatic heterocycles. The van der Waals surface area contributed by atoms with Crippen LogP contribution in [0.1, 0.15) is 68.2 Å². The number of hydrogen-bond donors (Lipinski definition) is 1. The van der Waals surface area contributed by atoms with Gasteiger partial charge < -0.3 is 19.3 Å². The Hall–Kier alpha value is -3.52. The molecule has 0 radical (unpaired) electrons. The molecule has 208 valence electrons. The Morgan fingerprint density at radius 1 is 1.05 bits per heavy atom. The fourth-order valence-corrected chi connectivity index (χ4v) is 5.41. The highest BCUT2D eigenvalue weighted by Crippen LogP contribution is 2.51. The van der Waals surface area contributed by atoms with Crippen LogP contribution in [-0.2, 0) is 16.1 Å². The first-order valence-electron chi connectivity index (χ1n) is 12.9. The van der Waals surface area contributed by atoms with Crippen LogP contribution in [0.2, 0.25) is 0 Å². The van der Waals surface area contributed by atoms with Gasteiger partial charge in [-0.15, -0.1) is 0 Å². The lowest BCUT2D eigenvalue weighted by molar-refractivity contribution is -0.142. The Morgan fingerprint density at radius 3 is 2.49 bits per heavy atom. The summed E-state index contributed by atoms with van der Waals surface area (Å²) in [4.78, 5) is 11.5. The van der Waals surface area contributed by atoms with Crippen molar-refractivity contribution in [3.05, 3.63) is 82.7 Å². The molecular weight excluding hydrogens is 509 g/mol. The fourth-order valence-electron chi connectivity index (χ4n) is 5.41. The van der Waals surface area contributed by atoms with Crippen molar-refractivity contribution in [1.82, 2.24) is 0 Å². The Bertz CT molecular complexity index is 1350. The van der Waals surface area contributed by atoms with Gasteiger partial charge in [0, 0.05) is 16.7 Å². The van der Waals surface area contributed by atoms with Crippen LogP contribution in [0.4, 0.5) is 13.2 Å². The third-order valence-electron chi connectivity index (χ3n) is 7.64. The summed E-state index contributed by atoms with van der Waals surface area (Å²) in [5.41, 5.74) is 1.47. The summed E-state index contributed by atoms with van der Waals surface area (Å²) in [6, 6.07) is 11.6. The molecular formula is C31H33F3O5. The zero-order valence-electron chi connectivity index (χ0n) is 22.5. The van der Waals surface area contributed by atoms with Gasteiger partial charge in [0.05, 0.1) is 26.7 Å². The van der Waals surface area contributed by atoms with E-state index in [1.165, 1.54) is 50.6 Å². The van der Waals surface area contributed by atoms with Crippen LogP contribution in [0.15, 0.2) is 48.5 Å². The highest BCUT2D eigenvalue weighted by Gasteiger charge is 2.37. The molecule has 3 aromatic rings. The van der Waals surface area contributed by atoms with E-state index in [1.54, 1.807) is 12.1 Å². The minimum absolute atomic E-state index is 0.0472. The van der Waals surface area contributed by atoms with Gasteiger partial charge in [-0.3, -0.25) is 4.79 Å². The maximum atomic E-state index is 15.5. The maximum absolute atomic E-state index is 15.5. The van der Waals surface area contributed by atoms with Crippen molar-refractivity contribution in [2.45, 2.75) is 58.2 Å². The van der Waals surface area contributed by atoms with Crippen molar-refractivity contribution < 1.29 is 37.3 Å². The normalized spacial score (nSPS) is 17.1. The second-order valence-corrected chi connectivity index (χ2v) is 10.6. The molecule has 0 spiro atoms. The molecule has 39 heavy (non-hydrogen) atoms. The molecule has 1 N–H and O–H groups in total. The summed E-state index contributed by atoms with van der Waals surface area (Å²) < 4.78 is 61.1. The molecule has 0 heterocycles. The van der Waals surface area contributed by atoms with Gasteiger partial charge in [-0.2, -0.15) is 0 Å². The van der Waals surface area contributed by atoms with Gasteiger partial charge in [0.15, 0.2) is 11.6 Å². The Kier molecular flexibility index (Phi) is 8.54. The SMILES string of the molecule is COC(=O)C[C@@H](O)c1cccc(OCc2cc([C@@H]3CCCC3(C)C)c(-c3cc(OC)ccc3F)cc2F)c1F. The molecule has 0 saturated heterocycles. The van der Waals surface area contributed by atoms with Crippen LogP contribution < -0.4 is 9.47 Å². The second kappa shape index (κ2) is 11.7. The number of rotatable bonds is 9. The van der Waals surface area contributed by atoms with E-state index in [0.717, 1.165) is 24.8 Å². The third-order valence-corrected chi connectivity index (χ3v) is 7.64. The summed E-state index contributed by atoms with van der Waals surface area (Å²) in [7, 11) is 2.66. The van der Waals surface area contributed by atoms with E-state index in [1.807, 2.05) is 0 Å². The number of halogens is 3. The van der Waals surface area contributed by atoms with Crippen LogP contribution in [0.25, 0.3) is 11.1 Å². The van der Waals surface area contributed by atoms with Crippen molar-refractivity contribution in [2.24, 2.45) is 5.41 Å². The number of aliphatic hydroxyl groups is 1. The van der Waals surface area contributed by atoms with E-state index >= 15 is 13.2 Å². The molecule has 0 unspecified atom stereocenters. The number of carbonyl (C=O) groups is 1. The standard InChI is InChI=1S/C31H33F3O5/c1-31(2)12-6-8-24(31)22-13-18(26(33)15-21(22)23-14-19(37-3)10-11-25(23)32)17-39-28-9-5-7-20(30(28)34)27(35)16-29(36)38-4/h5,7,9-11,13-15,24,27,35H,6,8,12,16-17H2,1-4H3/t24-,27+/m0/s1. The zero-order chi connectivity index (χ0) is 28.3. The first-order chi connectivity index (χ1) is 18.6. The largest absolute Gasteiger partial charge is 0.497 e. The van der Waals surface area contributed by atoms with Crippen molar-refractivity contribution in [2.75, 3.05) is 14.2 Å². The van der Waals surface area contributed by atoms with Gasteiger partial charge in [-0.1, -0.05) is 32.4 Å². The first-order valence-corrected chi connectivity index (χ1v) is 12.9. The molecule has 1 aliphatic carbocycles. The number of carbonyl (C=O) groups excluding carboxylic acids is 1. The fraction of sp³-hybridized carbons (Fsp3) is 0.387. The monoisotopic (exact) mass is 542 g/mol. The number of esters is 1. The lowest BCUT2D eigenvalue weighted by Gasteiger charge is -2.30. The molecule has 8 heteroatoms. The molecule has 4 rings (SSSR count). The van der Waals surface area contributed by atoms with E-state index in [-0.39, 0.29) is 40.4 Å². The van der Waals surface area contributed by atoms with Gasteiger partial charge in [0.1, 0.15) is 24.0 Å². The van der Waals surface area contributed by atoms with Gasteiger partial charge >= 0.3 is 5.97 Å². The van der Waals surface area contributed by atoms with E-state index in [9.17, 15) is 9.90 Å². The predicted molar refractivity (Wildman–Crippen MR) is 141 cm³/mol. The maximum Gasteiger partial charge on any atom is 0.308 e. The topological polar surface area (TPSA) is 65.0 Å². The summed E-state index contributed by atoms with van der Waals surface area (Å²) in [5.74, 6) is -2.32. The van der Waals surface area contributed by atoms with E-state index in [2.05, 4.69) is 18.6 Å². The molecule has 0 bridgehead atoms. The van der Waals surface area contributed by atoms with Gasteiger partial charge in [0.25, 0.3) is 0 Å². The Morgan fingerprint density at radius 2 is 1.82 bits per heavy atom. The molecule has 3 aromatic carbocycles. The molecule has 5 nitrogen and oxygen atoms in total. The molecule has 1 fully saturated rings. The summed E-state index contributed by atoms with van der Waals surface area (Å²) in [5, 5.41) is 10.3. The summed E-state index contributed by atoms with van der Waals surface area (Å²) >= 11 is 0. The van der Waals surface area contributed by atoms with Crippen molar-refractivity contribution in [3.63, 3.8) is 0 Å². The molecule has 0 amide bonds. The average molecular weight is 543 g/mol. The lowest BCUT2D eigenvalue weighted by atomic mass is 9.75.